The van der Waals surface area contributed by atoms with Gasteiger partial charge < -0.3 is 24.3 Å². The average Bonchev–Trinajstić information content (AvgIpc) is 3.46. The molecule has 0 bridgehead atoms. The summed E-state index contributed by atoms with van der Waals surface area (Å²) in [6.07, 6.45) is 8.60. The Morgan fingerprint density at radius 1 is 0.871 bits per heavy atom. The highest BCUT2D eigenvalue weighted by atomic mass is 16.7. The van der Waals surface area contributed by atoms with Crippen LogP contribution in [0.4, 0.5) is 0 Å². The fourth-order valence-electron chi connectivity index (χ4n) is 9.66. The minimum Gasteiger partial charge on any atom is -0.356 e. The number of rotatable bonds is 2. The van der Waals surface area contributed by atoms with Gasteiger partial charge in [-0.15, -0.1) is 0 Å². The molecular weight excluding hydrogens is 394 g/mol. The van der Waals surface area contributed by atoms with Crippen molar-refractivity contribution in [3.8, 4) is 0 Å². The topological polar surface area (TPSA) is 66.0 Å². The molecule has 31 heavy (non-hydrogen) atoms. The Balaban J connectivity index is 1.35. The van der Waals surface area contributed by atoms with Crippen LogP contribution in [-0.4, -0.2) is 50.5 Å². The van der Waals surface area contributed by atoms with E-state index in [2.05, 4.69) is 26.1 Å². The summed E-state index contributed by atoms with van der Waals surface area (Å²) in [5, 5.41) is 3.26. The molecule has 1 amide bonds. The summed E-state index contributed by atoms with van der Waals surface area (Å²) >= 11 is 0. The van der Waals surface area contributed by atoms with Crippen LogP contribution in [-0.2, 0) is 23.7 Å². The predicted octanol–water partition coefficient (Wildman–Crippen LogP) is 3.49. The largest absolute Gasteiger partial charge is 0.356 e. The van der Waals surface area contributed by atoms with Crippen LogP contribution in [0.3, 0.4) is 0 Å². The first-order chi connectivity index (χ1) is 14.9. The Hall–Kier alpha value is -0.690. The second-order valence-corrected chi connectivity index (χ2v) is 11.9. The van der Waals surface area contributed by atoms with E-state index in [9.17, 15) is 4.79 Å². The summed E-state index contributed by atoms with van der Waals surface area (Å²) in [7, 11) is 0. The van der Waals surface area contributed by atoms with E-state index in [1.165, 1.54) is 19.3 Å². The van der Waals surface area contributed by atoms with E-state index in [0.717, 1.165) is 45.3 Å². The van der Waals surface area contributed by atoms with Crippen molar-refractivity contribution < 1.29 is 23.7 Å². The van der Waals surface area contributed by atoms with Gasteiger partial charge in [0.1, 0.15) is 0 Å². The van der Waals surface area contributed by atoms with E-state index in [1.54, 1.807) is 0 Å². The van der Waals surface area contributed by atoms with Crippen molar-refractivity contribution >= 4 is 6.41 Å². The van der Waals surface area contributed by atoms with Crippen LogP contribution in [0.2, 0.25) is 0 Å². The first-order valence-corrected chi connectivity index (χ1v) is 12.6. The molecule has 4 saturated carbocycles. The van der Waals surface area contributed by atoms with Crippen molar-refractivity contribution in [1.29, 1.82) is 0 Å². The summed E-state index contributed by atoms with van der Waals surface area (Å²) in [5.41, 5.74) is 0.275. The van der Waals surface area contributed by atoms with E-state index >= 15 is 0 Å². The first-order valence-electron chi connectivity index (χ1n) is 12.6. The van der Waals surface area contributed by atoms with Crippen LogP contribution in [0.15, 0.2) is 0 Å². The first kappa shape index (κ1) is 20.9. The normalized spacial score (nSPS) is 52.0. The van der Waals surface area contributed by atoms with Crippen molar-refractivity contribution in [2.24, 2.45) is 40.4 Å². The monoisotopic (exact) mass is 433 g/mol. The summed E-state index contributed by atoms with van der Waals surface area (Å²) < 4.78 is 25.1. The second-order valence-electron chi connectivity index (χ2n) is 11.9. The summed E-state index contributed by atoms with van der Waals surface area (Å²) in [4.78, 5) is 11.7. The fraction of sp³-hybridized carbons (Fsp3) is 0.960. The highest BCUT2D eigenvalue weighted by Gasteiger charge is 2.69. The summed E-state index contributed by atoms with van der Waals surface area (Å²) in [6, 6.07) is 0.185. The summed E-state index contributed by atoms with van der Waals surface area (Å²) in [6.45, 7) is 10.1. The fourth-order valence-corrected chi connectivity index (χ4v) is 9.66. The smallest absolute Gasteiger partial charge is 0.207 e. The second kappa shape index (κ2) is 6.91. The molecule has 6 aliphatic rings. The maximum absolute atomic E-state index is 11.7. The maximum atomic E-state index is 11.7. The van der Waals surface area contributed by atoms with Gasteiger partial charge in [-0.1, -0.05) is 20.8 Å². The molecule has 4 aliphatic carbocycles. The number of carbonyl (C=O) groups is 1. The van der Waals surface area contributed by atoms with Gasteiger partial charge in [0.15, 0.2) is 11.6 Å². The van der Waals surface area contributed by atoms with Gasteiger partial charge in [0.2, 0.25) is 6.41 Å². The van der Waals surface area contributed by atoms with E-state index < -0.39 is 5.79 Å². The molecule has 6 nitrogen and oxygen atoms in total. The Bertz CT molecular complexity index is 731. The molecule has 6 heteroatoms. The molecule has 2 unspecified atom stereocenters. The van der Waals surface area contributed by atoms with Crippen molar-refractivity contribution in [3.63, 3.8) is 0 Å². The lowest BCUT2D eigenvalue weighted by atomic mass is 9.42. The zero-order valence-corrected chi connectivity index (χ0v) is 19.4. The van der Waals surface area contributed by atoms with Crippen LogP contribution >= 0.6 is 0 Å². The molecule has 2 heterocycles. The zero-order chi connectivity index (χ0) is 21.5. The minimum absolute atomic E-state index is 0.0821. The lowest BCUT2D eigenvalue weighted by Crippen LogP contribution is -2.65. The van der Waals surface area contributed by atoms with Gasteiger partial charge in [-0.3, -0.25) is 4.79 Å². The third-order valence-electron chi connectivity index (χ3n) is 11.0. The molecule has 0 radical (unpaired) electrons. The van der Waals surface area contributed by atoms with Gasteiger partial charge in [-0.2, -0.15) is 0 Å². The van der Waals surface area contributed by atoms with Crippen LogP contribution in [0.5, 0.6) is 0 Å². The highest BCUT2D eigenvalue weighted by molar-refractivity contribution is 5.47. The van der Waals surface area contributed by atoms with Gasteiger partial charge >= 0.3 is 0 Å². The number of carbonyl (C=O) groups excluding carboxylic acids is 1. The van der Waals surface area contributed by atoms with Crippen molar-refractivity contribution in [1.82, 2.24) is 5.32 Å². The average molecular weight is 434 g/mol. The molecule has 0 aromatic rings. The molecule has 2 aliphatic heterocycles. The van der Waals surface area contributed by atoms with E-state index in [-0.39, 0.29) is 22.7 Å². The van der Waals surface area contributed by atoms with Gasteiger partial charge in [-0.05, 0) is 61.2 Å². The van der Waals surface area contributed by atoms with E-state index in [4.69, 9.17) is 18.9 Å². The molecule has 1 N–H and O–H groups in total. The third-order valence-corrected chi connectivity index (χ3v) is 11.0. The molecule has 2 saturated heterocycles. The Labute approximate surface area is 186 Å². The van der Waals surface area contributed by atoms with Crippen molar-refractivity contribution in [2.75, 3.05) is 26.4 Å². The number of nitrogens with one attached hydrogen (secondary N) is 1. The maximum Gasteiger partial charge on any atom is 0.207 e. The van der Waals surface area contributed by atoms with E-state index in [1.807, 2.05) is 0 Å². The molecule has 8 atom stereocenters. The predicted molar refractivity (Wildman–Crippen MR) is 114 cm³/mol. The molecular formula is C25H39NO5. The van der Waals surface area contributed by atoms with Crippen molar-refractivity contribution in [3.05, 3.63) is 0 Å². The number of hydrogen-bond donors (Lipinski definition) is 1. The zero-order valence-electron chi connectivity index (χ0n) is 19.4. The van der Waals surface area contributed by atoms with Gasteiger partial charge in [0, 0.05) is 30.2 Å². The minimum atomic E-state index is -0.452. The standard InChI is InChI=1S/C25H39NO5/c1-16-13-22(2)18-4-6-23(3)19(5-7-25(23)30-10-11-31-25)17(18)12-21(26-15-27)20(22)14-24(16)28-8-9-29-24/h15-21H,4-14H2,1-3H3,(H,26,27)/t16?,17-,18+,19+,20?,21+,22-,23+/m1/s1. The molecule has 0 aromatic carbocycles. The van der Waals surface area contributed by atoms with Crippen molar-refractivity contribution in [2.45, 2.75) is 83.3 Å². The third kappa shape index (κ3) is 2.62. The van der Waals surface area contributed by atoms with Gasteiger partial charge in [0.05, 0.1) is 26.4 Å². The lowest BCUT2D eigenvalue weighted by Gasteiger charge is -2.65. The van der Waals surface area contributed by atoms with Crippen LogP contribution in [0.25, 0.3) is 0 Å². The van der Waals surface area contributed by atoms with Crippen LogP contribution in [0.1, 0.15) is 65.7 Å². The highest BCUT2D eigenvalue weighted by Crippen LogP contribution is 2.70. The Kier molecular flexibility index (Phi) is 4.65. The molecule has 2 spiro atoms. The van der Waals surface area contributed by atoms with Gasteiger partial charge in [0.25, 0.3) is 0 Å². The SMILES string of the molecule is CC1C[C@@]2(C)C(CC13OCCO3)[C@@H](NC=O)C[C@@H]1[C@@H]2CC[C@@]2(C)[C@H]1CCC21OCCO1. The Morgan fingerprint density at radius 2 is 1.55 bits per heavy atom. The van der Waals surface area contributed by atoms with Crippen LogP contribution in [0, 0.1) is 40.4 Å². The lowest BCUT2D eigenvalue weighted by molar-refractivity contribution is -0.274. The summed E-state index contributed by atoms with van der Waals surface area (Å²) in [5.74, 6) is 1.83. The molecule has 174 valence electrons. The molecule has 6 fully saturated rings. The Morgan fingerprint density at radius 3 is 2.26 bits per heavy atom. The number of fused-ring (bicyclic) bond motifs is 6. The van der Waals surface area contributed by atoms with Crippen LogP contribution < -0.4 is 5.32 Å². The molecule has 0 aromatic heterocycles. The molecule has 6 rings (SSSR count). The quantitative estimate of drug-likeness (QED) is 0.676. The van der Waals surface area contributed by atoms with E-state index in [0.29, 0.717) is 42.8 Å². The number of ether oxygens (including phenoxy) is 4. The number of hydrogen-bond acceptors (Lipinski definition) is 5. The van der Waals surface area contributed by atoms with Gasteiger partial charge in [-0.25, -0.2) is 0 Å². The number of amides is 1.